The van der Waals surface area contributed by atoms with E-state index in [1.165, 1.54) is 0 Å². The van der Waals surface area contributed by atoms with Crippen LogP contribution in [0.15, 0.2) is 29.0 Å². The third-order valence-corrected chi connectivity index (χ3v) is 2.75. The van der Waals surface area contributed by atoms with Crippen LogP contribution in [0.2, 0.25) is 0 Å². The smallest absolute Gasteiger partial charge is 0.237 e. The molecule has 1 unspecified atom stereocenters. The number of carbonyl (C=O) groups excluding carboxylic acids is 1. The Kier molecular flexibility index (Phi) is 3.50. The fourth-order valence-corrected chi connectivity index (χ4v) is 1.91. The molecule has 0 aliphatic rings. The molecule has 0 aliphatic carbocycles. The van der Waals surface area contributed by atoms with Crippen LogP contribution in [-0.2, 0) is 4.79 Å². The van der Waals surface area contributed by atoms with Crippen molar-refractivity contribution < 1.29 is 9.32 Å². The first-order chi connectivity index (χ1) is 8.59. The molecule has 0 amide bonds. The van der Waals surface area contributed by atoms with E-state index in [-0.39, 0.29) is 17.6 Å². The van der Waals surface area contributed by atoms with Gasteiger partial charge in [0.1, 0.15) is 5.78 Å². The first kappa shape index (κ1) is 12.4. The van der Waals surface area contributed by atoms with E-state index in [2.05, 4.69) is 15.1 Å². The minimum absolute atomic E-state index is 0.0370. The highest BCUT2D eigenvalue weighted by molar-refractivity contribution is 5.82. The van der Waals surface area contributed by atoms with E-state index in [1.807, 2.05) is 13.8 Å². The third-order valence-electron chi connectivity index (χ3n) is 2.75. The summed E-state index contributed by atoms with van der Waals surface area (Å²) in [6.07, 6.45) is 3.33. The highest BCUT2D eigenvalue weighted by Gasteiger charge is 2.27. The van der Waals surface area contributed by atoms with E-state index in [1.54, 1.807) is 31.5 Å². The van der Waals surface area contributed by atoms with Crippen molar-refractivity contribution in [2.45, 2.75) is 26.7 Å². The van der Waals surface area contributed by atoms with E-state index in [4.69, 9.17) is 4.52 Å². The molecule has 0 bridgehead atoms. The molecule has 5 nitrogen and oxygen atoms in total. The lowest BCUT2D eigenvalue weighted by molar-refractivity contribution is -0.119. The Balaban J connectivity index is 2.33. The van der Waals surface area contributed by atoms with Crippen LogP contribution in [-0.4, -0.2) is 20.9 Å². The van der Waals surface area contributed by atoms with Gasteiger partial charge in [0.2, 0.25) is 11.7 Å². The summed E-state index contributed by atoms with van der Waals surface area (Å²) < 4.78 is 5.20. The SMILES string of the molecule is CC(=O)C(c1nc(-c2ccncc2)no1)C(C)C. The predicted molar refractivity (Wildman–Crippen MR) is 65.8 cm³/mol. The third kappa shape index (κ3) is 2.45. The van der Waals surface area contributed by atoms with Crippen LogP contribution in [0.25, 0.3) is 11.4 Å². The Morgan fingerprint density at radius 1 is 1.28 bits per heavy atom. The minimum Gasteiger partial charge on any atom is -0.338 e. The van der Waals surface area contributed by atoms with Gasteiger partial charge in [-0.2, -0.15) is 4.98 Å². The molecule has 2 rings (SSSR count). The molecule has 94 valence electrons. The predicted octanol–water partition coefficient (Wildman–Crippen LogP) is 2.46. The first-order valence-electron chi connectivity index (χ1n) is 5.84. The standard InChI is InChI=1S/C13H15N3O2/c1-8(2)11(9(3)17)13-15-12(16-18-13)10-4-6-14-7-5-10/h4-8,11H,1-3H3. The maximum atomic E-state index is 11.6. The molecular weight excluding hydrogens is 230 g/mol. The van der Waals surface area contributed by atoms with Gasteiger partial charge in [-0.3, -0.25) is 9.78 Å². The fraction of sp³-hybridized carbons (Fsp3) is 0.385. The van der Waals surface area contributed by atoms with Crippen molar-refractivity contribution in [3.63, 3.8) is 0 Å². The summed E-state index contributed by atoms with van der Waals surface area (Å²) in [6, 6.07) is 3.60. The van der Waals surface area contributed by atoms with Crippen molar-refractivity contribution in [1.29, 1.82) is 0 Å². The highest BCUT2D eigenvalue weighted by atomic mass is 16.5. The average molecular weight is 245 g/mol. The van der Waals surface area contributed by atoms with Crippen molar-refractivity contribution in [2.24, 2.45) is 5.92 Å². The largest absolute Gasteiger partial charge is 0.338 e. The molecule has 0 spiro atoms. The van der Waals surface area contributed by atoms with E-state index >= 15 is 0 Å². The molecule has 1 atom stereocenters. The second-order valence-corrected chi connectivity index (χ2v) is 4.52. The monoisotopic (exact) mass is 245 g/mol. The first-order valence-corrected chi connectivity index (χ1v) is 5.84. The van der Waals surface area contributed by atoms with Crippen molar-refractivity contribution in [2.75, 3.05) is 0 Å². The van der Waals surface area contributed by atoms with Gasteiger partial charge in [0.15, 0.2) is 0 Å². The number of hydrogen-bond acceptors (Lipinski definition) is 5. The lowest BCUT2D eigenvalue weighted by Gasteiger charge is -2.12. The van der Waals surface area contributed by atoms with Gasteiger partial charge in [-0.05, 0) is 25.0 Å². The molecule has 0 saturated carbocycles. The van der Waals surface area contributed by atoms with Crippen LogP contribution in [0.3, 0.4) is 0 Å². The molecular formula is C13H15N3O2. The molecule has 0 radical (unpaired) electrons. The quantitative estimate of drug-likeness (QED) is 0.827. The van der Waals surface area contributed by atoms with Crippen LogP contribution in [0, 0.1) is 5.92 Å². The van der Waals surface area contributed by atoms with E-state index in [0.717, 1.165) is 5.56 Å². The maximum absolute atomic E-state index is 11.6. The lowest BCUT2D eigenvalue weighted by Crippen LogP contribution is -2.15. The number of Topliss-reactive ketones (excluding diaryl/α,β-unsaturated/α-hetero) is 1. The normalized spacial score (nSPS) is 12.7. The zero-order valence-corrected chi connectivity index (χ0v) is 10.6. The molecule has 0 aromatic carbocycles. The van der Waals surface area contributed by atoms with Crippen molar-refractivity contribution in [1.82, 2.24) is 15.1 Å². The molecule has 2 aromatic heterocycles. The van der Waals surface area contributed by atoms with Crippen LogP contribution < -0.4 is 0 Å². The molecule has 2 heterocycles. The van der Waals surface area contributed by atoms with Gasteiger partial charge in [-0.15, -0.1) is 0 Å². The summed E-state index contributed by atoms with van der Waals surface area (Å²) in [6.45, 7) is 5.46. The number of hydrogen-bond donors (Lipinski definition) is 0. The number of aromatic nitrogens is 3. The van der Waals surface area contributed by atoms with Crippen LogP contribution >= 0.6 is 0 Å². The van der Waals surface area contributed by atoms with Crippen molar-refractivity contribution in [3.8, 4) is 11.4 Å². The zero-order valence-electron chi connectivity index (χ0n) is 10.6. The molecule has 2 aromatic rings. The number of nitrogens with zero attached hydrogens (tertiary/aromatic N) is 3. The van der Waals surface area contributed by atoms with Gasteiger partial charge in [0.25, 0.3) is 0 Å². The second-order valence-electron chi connectivity index (χ2n) is 4.52. The fourth-order valence-electron chi connectivity index (χ4n) is 1.91. The zero-order chi connectivity index (χ0) is 13.1. The Morgan fingerprint density at radius 3 is 2.50 bits per heavy atom. The summed E-state index contributed by atoms with van der Waals surface area (Å²) in [4.78, 5) is 19.8. The summed E-state index contributed by atoms with van der Waals surface area (Å²) in [7, 11) is 0. The van der Waals surface area contributed by atoms with Crippen molar-refractivity contribution in [3.05, 3.63) is 30.4 Å². The van der Waals surface area contributed by atoms with Crippen LogP contribution in [0.1, 0.15) is 32.6 Å². The Hall–Kier alpha value is -2.04. The summed E-state index contributed by atoms with van der Waals surface area (Å²) in [5.74, 6) is 0.694. The molecule has 5 heteroatoms. The summed E-state index contributed by atoms with van der Waals surface area (Å²) >= 11 is 0. The number of pyridine rings is 1. The van der Waals surface area contributed by atoms with Gasteiger partial charge in [0, 0.05) is 18.0 Å². The summed E-state index contributed by atoms with van der Waals surface area (Å²) in [5.41, 5.74) is 0.825. The molecule has 0 fully saturated rings. The van der Waals surface area contributed by atoms with Gasteiger partial charge in [0.05, 0.1) is 5.92 Å². The van der Waals surface area contributed by atoms with Gasteiger partial charge >= 0.3 is 0 Å². The van der Waals surface area contributed by atoms with Gasteiger partial charge < -0.3 is 4.52 Å². The lowest BCUT2D eigenvalue weighted by atomic mass is 9.92. The molecule has 18 heavy (non-hydrogen) atoms. The van der Waals surface area contributed by atoms with E-state index in [0.29, 0.717) is 11.7 Å². The Bertz CT molecular complexity index is 534. The van der Waals surface area contributed by atoms with E-state index in [9.17, 15) is 4.79 Å². The average Bonchev–Trinajstić information content (AvgIpc) is 2.78. The number of ketones is 1. The van der Waals surface area contributed by atoms with E-state index < -0.39 is 0 Å². The number of rotatable bonds is 4. The Morgan fingerprint density at radius 2 is 1.94 bits per heavy atom. The molecule has 0 aliphatic heterocycles. The van der Waals surface area contributed by atoms with Crippen molar-refractivity contribution >= 4 is 5.78 Å². The van der Waals surface area contributed by atoms with Gasteiger partial charge in [-0.25, -0.2) is 0 Å². The topological polar surface area (TPSA) is 68.9 Å². The Labute approximate surface area is 105 Å². The van der Waals surface area contributed by atoms with Crippen LogP contribution in [0.5, 0.6) is 0 Å². The summed E-state index contributed by atoms with van der Waals surface area (Å²) in [5, 5.41) is 3.91. The minimum atomic E-state index is -0.340. The molecule has 0 N–H and O–H groups in total. The number of carbonyl (C=O) groups is 1. The second kappa shape index (κ2) is 5.08. The maximum Gasteiger partial charge on any atom is 0.237 e. The van der Waals surface area contributed by atoms with Gasteiger partial charge in [-0.1, -0.05) is 19.0 Å². The highest BCUT2D eigenvalue weighted by Crippen LogP contribution is 2.25. The molecule has 0 saturated heterocycles. The van der Waals surface area contributed by atoms with Crippen LogP contribution in [0.4, 0.5) is 0 Å².